The predicted molar refractivity (Wildman–Crippen MR) is 114 cm³/mol. The fraction of sp³-hybridized carbons (Fsp3) is 0.227. The summed E-state index contributed by atoms with van der Waals surface area (Å²) in [6, 6.07) is 16.9. The second kappa shape index (κ2) is 8.60. The number of aromatic nitrogens is 2. The Labute approximate surface area is 169 Å². The Morgan fingerprint density at radius 2 is 1.83 bits per heavy atom. The van der Waals surface area contributed by atoms with E-state index in [2.05, 4.69) is 25.5 Å². The van der Waals surface area contributed by atoms with E-state index < -0.39 is 0 Å². The molecule has 7 nitrogen and oxygen atoms in total. The van der Waals surface area contributed by atoms with Crippen molar-refractivity contribution in [2.24, 2.45) is 0 Å². The number of nitrogens with zero attached hydrogens (tertiary/aromatic N) is 3. The van der Waals surface area contributed by atoms with Gasteiger partial charge >= 0.3 is 0 Å². The highest BCUT2D eigenvalue weighted by atomic mass is 16.5. The van der Waals surface area contributed by atoms with E-state index in [9.17, 15) is 4.79 Å². The number of anilines is 4. The van der Waals surface area contributed by atoms with Crippen LogP contribution < -0.4 is 20.3 Å². The van der Waals surface area contributed by atoms with E-state index in [4.69, 9.17) is 4.74 Å². The van der Waals surface area contributed by atoms with Gasteiger partial charge in [0.15, 0.2) is 0 Å². The van der Waals surface area contributed by atoms with Gasteiger partial charge in [-0.2, -0.15) is 0 Å². The Hall–Kier alpha value is -3.61. The molecule has 29 heavy (non-hydrogen) atoms. The first-order chi connectivity index (χ1) is 14.2. The Morgan fingerprint density at radius 1 is 1.03 bits per heavy atom. The molecule has 1 saturated heterocycles. The molecule has 0 aliphatic carbocycles. The van der Waals surface area contributed by atoms with Gasteiger partial charge in [-0.3, -0.25) is 4.79 Å². The molecule has 3 aromatic rings. The van der Waals surface area contributed by atoms with Gasteiger partial charge in [0.2, 0.25) is 5.95 Å². The van der Waals surface area contributed by atoms with Gasteiger partial charge in [0.1, 0.15) is 11.4 Å². The van der Waals surface area contributed by atoms with Crippen LogP contribution in [-0.2, 0) is 0 Å². The number of hydrogen-bond donors (Lipinski definition) is 2. The third-order valence-electron chi connectivity index (χ3n) is 4.81. The van der Waals surface area contributed by atoms with Crippen molar-refractivity contribution in [2.45, 2.75) is 12.8 Å². The first kappa shape index (κ1) is 18.7. The van der Waals surface area contributed by atoms with Gasteiger partial charge in [-0.05, 0) is 55.3 Å². The second-order valence-corrected chi connectivity index (χ2v) is 6.82. The number of carbonyl (C=O) groups is 1. The lowest BCUT2D eigenvalue weighted by Crippen LogP contribution is -2.18. The molecule has 0 bridgehead atoms. The number of methoxy groups -OCH3 is 1. The van der Waals surface area contributed by atoms with E-state index in [1.54, 1.807) is 19.4 Å². The van der Waals surface area contributed by atoms with E-state index in [0.717, 1.165) is 30.2 Å². The lowest BCUT2D eigenvalue weighted by Gasteiger charge is -2.17. The minimum absolute atomic E-state index is 0.282. The highest BCUT2D eigenvalue weighted by Crippen LogP contribution is 2.23. The summed E-state index contributed by atoms with van der Waals surface area (Å²) in [6.45, 7) is 2.19. The Balaban J connectivity index is 1.42. The molecule has 1 fully saturated rings. The fourth-order valence-corrected chi connectivity index (χ4v) is 3.30. The molecule has 0 atom stereocenters. The third kappa shape index (κ3) is 4.63. The molecule has 7 heteroatoms. The average molecular weight is 389 g/mol. The molecule has 1 amide bonds. The van der Waals surface area contributed by atoms with Crippen molar-refractivity contribution >= 4 is 28.9 Å². The minimum Gasteiger partial charge on any atom is -0.497 e. The number of benzene rings is 2. The molecule has 0 unspecified atom stereocenters. The molecule has 2 N–H and O–H groups in total. The summed E-state index contributed by atoms with van der Waals surface area (Å²) in [7, 11) is 1.61. The zero-order valence-corrected chi connectivity index (χ0v) is 16.3. The highest BCUT2D eigenvalue weighted by Gasteiger charge is 2.13. The van der Waals surface area contributed by atoms with Crippen LogP contribution >= 0.6 is 0 Å². The van der Waals surface area contributed by atoms with Gasteiger partial charge in [-0.1, -0.05) is 6.07 Å². The topological polar surface area (TPSA) is 79.4 Å². The number of ether oxygens (including phenoxy) is 1. The minimum atomic E-state index is -0.282. The zero-order valence-electron chi connectivity index (χ0n) is 16.3. The van der Waals surface area contributed by atoms with E-state index in [-0.39, 0.29) is 11.6 Å². The molecule has 0 saturated carbocycles. The van der Waals surface area contributed by atoms with Gasteiger partial charge in [-0.15, -0.1) is 0 Å². The predicted octanol–water partition coefficient (Wildman–Crippen LogP) is 4.08. The SMILES string of the molecule is COc1cccc(Nc2nccc(C(=O)Nc3ccc(N4CCCC4)cc3)n2)c1. The number of carbonyl (C=O) groups excluding carboxylic acids is 1. The van der Waals surface area contributed by atoms with Crippen LogP contribution in [0.1, 0.15) is 23.3 Å². The van der Waals surface area contributed by atoms with Crippen LogP contribution in [0.25, 0.3) is 0 Å². The van der Waals surface area contributed by atoms with Crippen LogP contribution in [0.2, 0.25) is 0 Å². The molecule has 2 heterocycles. The Kier molecular flexibility index (Phi) is 5.56. The summed E-state index contributed by atoms with van der Waals surface area (Å²) in [5.74, 6) is 0.784. The average Bonchev–Trinajstić information content (AvgIpc) is 3.29. The lowest BCUT2D eigenvalue weighted by atomic mass is 10.2. The van der Waals surface area contributed by atoms with E-state index >= 15 is 0 Å². The molecule has 0 radical (unpaired) electrons. The first-order valence-electron chi connectivity index (χ1n) is 9.62. The number of hydrogen-bond acceptors (Lipinski definition) is 6. The van der Waals surface area contributed by atoms with Crippen molar-refractivity contribution in [1.29, 1.82) is 0 Å². The van der Waals surface area contributed by atoms with E-state index in [1.165, 1.54) is 18.5 Å². The van der Waals surface area contributed by atoms with Crippen LogP contribution in [0.3, 0.4) is 0 Å². The summed E-state index contributed by atoms with van der Waals surface area (Å²) in [4.78, 5) is 23.5. The molecule has 2 aromatic carbocycles. The van der Waals surface area contributed by atoms with Crippen LogP contribution in [0.15, 0.2) is 60.8 Å². The summed E-state index contributed by atoms with van der Waals surface area (Å²) in [5.41, 5.74) is 2.99. The van der Waals surface area contributed by atoms with Crippen molar-refractivity contribution in [3.8, 4) is 5.75 Å². The van der Waals surface area contributed by atoms with Crippen LogP contribution in [0.4, 0.5) is 23.0 Å². The summed E-state index contributed by atoms with van der Waals surface area (Å²) in [5, 5.41) is 5.98. The molecule has 0 spiro atoms. The van der Waals surface area contributed by atoms with Crippen LogP contribution in [0.5, 0.6) is 5.75 Å². The first-order valence-corrected chi connectivity index (χ1v) is 9.62. The van der Waals surface area contributed by atoms with Gasteiger partial charge in [0, 0.05) is 42.4 Å². The van der Waals surface area contributed by atoms with Crippen LogP contribution in [0, 0.1) is 0 Å². The molecule has 148 valence electrons. The molecule has 1 aliphatic rings. The molecule has 1 aromatic heterocycles. The van der Waals surface area contributed by atoms with E-state index in [1.807, 2.05) is 48.5 Å². The maximum Gasteiger partial charge on any atom is 0.274 e. The Morgan fingerprint density at radius 3 is 2.59 bits per heavy atom. The fourth-order valence-electron chi connectivity index (χ4n) is 3.30. The lowest BCUT2D eigenvalue weighted by molar-refractivity contribution is 0.102. The smallest absolute Gasteiger partial charge is 0.274 e. The molecular formula is C22H23N5O2. The summed E-state index contributed by atoms with van der Waals surface area (Å²) in [6.07, 6.45) is 4.03. The van der Waals surface area contributed by atoms with Crippen molar-refractivity contribution in [3.63, 3.8) is 0 Å². The van der Waals surface area contributed by atoms with Crippen molar-refractivity contribution in [3.05, 3.63) is 66.5 Å². The van der Waals surface area contributed by atoms with Crippen LogP contribution in [-0.4, -0.2) is 36.1 Å². The van der Waals surface area contributed by atoms with Crippen molar-refractivity contribution in [2.75, 3.05) is 35.7 Å². The maximum absolute atomic E-state index is 12.6. The molecule has 1 aliphatic heterocycles. The van der Waals surface area contributed by atoms with Gasteiger partial charge < -0.3 is 20.3 Å². The largest absolute Gasteiger partial charge is 0.497 e. The molecular weight excluding hydrogens is 366 g/mol. The van der Waals surface area contributed by atoms with Gasteiger partial charge in [0.25, 0.3) is 5.91 Å². The van der Waals surface area contributed by atoms with Gasteiger partial charge in [0.05, 0.1) is 7.11 Å². The van der Waals surface area contributed by atoms with E-state index in [0.29, 0.717) is 5.95 Å². The maximum atomic E-state index is 12.6. The number of amides is 1. The van der Waals surface area contributed by atoms with Crippen molar-refractivity contribution in [1.82, 2.24) is 9.97 Å². The normalized spacial score (nSPS) is 13.2. The standard InChI is InChI=1S/C22H23N5O2/c1-29-19-6-4-5-17(15-19)25-22-23-12-11-20(26-22)21(28)24-16-7-9-18(10-8-16)27-13-2-3-14-27/h4-12,15H,2-3,13-14H2,1H3,(H,24,28)(H,23,25,26). The number of rotatable bonds is 6. The quantitative estimate of drug-likeness (QED) is 0.661. The third-order valence-corrected chi connectivity index (χ3v) is 4.81. The summed E-state index contributed by atoms with van der Waals surface area (Å²) < 4.78 is 5.21. The molecule has 4 rings (SSSR count). The Bertz CT molecular complexity index is 985. The number of nitrogens with one attached hydrogen (secondary N) is 2. The van der Waals surface area contributed by atoms with Crippen molar-refractivity contribution < 1.29 is 9.53 Å². The zero-order chi connectivity index (χ0) is 20.1. The van der Waals surface area contributed by atoms with Gasteiger partial charge in [-0.25, -0.2) is 9.97 Å². The summed E-state index contributed by atoms with van der Waals surface area (Å²) >= 11 is 0. The highest BCUT2D eigenvalue weighted by molar-refractivity contribution is 6.03. The second-order valence-electron chi connectivity index (χ2n) is 6.82. The monoisotopic (exact) mass is 389 g/mol.